The molecule has 0 aliphatic rings. The molecule has 0 amide bonds. The molecule has 3 nitrogen and oxygen atoms in total. The second kappa shape index (κ2) is 5.12. The van der Waals surface area contributed by atoms with Crippen LogP contribution in [0.5, 0.6) is 0 Å². The largest absolute Gasteiger partial charge is 0.237 e. The van der Waals surface area contributed by atoms with E-state index in [1.165, 1.54) is 0 Å². The third-order valence-electron chi connectivity index (χ3n) is 1.91. The van der Waals surface area contributed by atoms with Gasteiger partial charge < -0.3 is 0 Å². The van der Waals surface area contributed by atoms with Crippen molar-refractivity contribution in [2.24, 2.45) is 0 Å². The average molecular weight is 213 g/mol. The van der Waals surface area contributed by atoms with E-state index in [-0.39, 0.29) is 12.4 Å². The van der Waals surface area contributed by atoms with Crippen molar-refractivity contribution in [2.75, 3.05) is 12.4 Å². The first-order valence-electron chi connectivity index (χ1n) is 4.53. The van der Waals surface area contributed by atoms with Crippen molar-refractivity contribution in [3.63, 3.8) is 0 Å². The molecule has 0 fully saturated rings. The Morgan fingerprint density at radius 3 is 2.21 bits per heavy atom. The Morgan fingerprint density at radius 1 is 1.00 bits per heavy atom. The smallest absolute Gasteiger partial charge is 0.178 e. The van der Waals surface area contributed by atoms with Crippen LogP contribution in [0.4, 0.5) is 0 Å². The van der Waals surface area contributed by atoms with E-state index in [9.17, 15) is 13.5 Å². The van der Waals surface area contributed by atoms with Crippen LogP contribution in [0.25, 0.3) is 0 Å². The molecule has 0 aromatic heterocycles. The van der Waals surface area contributed by atoms with Gasteiger partial charge in [-0.3, -0.25) is 0 Å². The molecule has 0 unspecified atom stereocenters. The summed E-state index contributed by atoms with van der Waals surface area (Å²) in [4.78, 5) is 0.339. The standard InChI is InChI=1S/C10H13O3S/c11-8-4-5-9-14(12,13)10-6-2-1-3-7-10/h1-3,6-7H,4-5,8-9H2. The van der Waals surface area contributed by atoms with Gasteiger partial charge >= 0.3 is 0 Å². The minimum Gasteiger partial charge on any atom is -0.237 e. The van der Waals surface area contributed by atoms with E-state index in [1.807, 2.05) is 0 Å². The lowest BCUT2D eigenvalue weighted by Crippen LogP contribution is -2.06. The van der Waals surface area contributed by atoms with Crippen LogP contribution in [0.1, 0.15) is 12.8 Å². The summed E-state index contributed by atoms with van der Waals surface area (Å²) >= 11 is 0. The van der Waals surface area contributed by atoms with Crippen molar-refractivity contribution in [1.82, 2.24) is 0 Å². The summed E-state index contributed by atoms with van der Waals surface area (Å²) in [5.41, 5.74) is 0. The minimum atomic E-state index is -3.17. The van der Waals surface area contributed by atoms with Crippen molar-refractivity contribution >= 4 is 9.84 Å². The molecule has 0 saturated carbocycles. The van der Waals surface area contributed by atoms with Crippen LogP contribution in [0.3, 0.4) is 0 Å². The SMILES string of the molecule is [O]CCCCS(=O)(=O)c1ccccc1. The number of hydrogen-bond donors (Lipinski definition) is 0. The van der Waals surface area contributed by atoms with Gasteiger partial charge in [-0.1, -0.05) is 18.2 Å². The fourth-order valence-electron chi connectivity index (χ4n) is 1.14. The van der Waals surface area contributed by atoms with Gasteiger partial charge in [0, 0.05) is 0 Å². The average Bonchev–Trinajstić information content (AvgIpc) is 2.19. The second-order valence-corrected chi connectivity index (χ2v) is 5.15. The summed E-state index contributed by atoms with van der Waals surface area (Å²) in [6.45, 7) is -0.204. The lowest BCUT2D eigenvalue weighted by Gasteiger charge is -2.02. The zero-order valence-electron chi connectivity index (χ0n) is 7.85. The zero-order chi connectivity index (χ0) is 10.4. The molecule has 1 aromatic carbocycles. The summed E-state index contributed by atoms with van der Waals surface area (Å²) in [7, 11) is -3.17. The zero-order valence-corrected chi connectivity index (χ0v) is 8.66. The van der Waals surface area contributed by atoms with E-state index in [2.05, 4.69) is 0 Å². The molecule has 14 heavy (non-hydrogen) atoms. The maximum atomic E-state index is 11.6. The first-order valence-corrected chi connectivity index (χ1v) is 6.18. The topological polar surface area (TPSA) is 54.0 Å². The molecule has 0 atom stereocenters. The van der Waals surface area contributed by atoms with Crippen LogP contribution in [0.15, 0.2) is 35.2 Å². The third-order valence-corrected chi connectivity index (χ3v) is 3.73. The quantitative estimate of drug-likeness (QED) is 0.698. The Labute approximate surface area is 84.3 Å². The van der Waals surface area contributed by atoms with Crippen LogP contribution in [-0.2, 0) is 14.9 Å². The van der Waals surface area contributed by atoms with Crippen LogP contribution in [-0.4, -0.2) is 20.8 Å². The molecule has 0 spiro atoms. The lowest BCUT2D eigenvalue weighted by molar-refractivity contribution is 0.188. The highest BCUT2D eigenvalue weighted by Gasteiger charge is 2.12. The number of rotatable bonds is 5. The second-order valence-electron chi connectivity index (χ2n) is 3.04. The number of unbranched alkanes of at least 4 members (excludes halogenated alkanes) is 1. The molecule has 1 rings (SSSR count). The Balaban J connectivity index is 2.67. The summed E-state index contributed by atoms with van der Waals surface area (Å²) in [6.07, 6.45) is 0.868. The fraction of sp³-hybridized carbons (Fsp3) is 0.400. The molecule has 4 heteroatoms. The van der Waals surface area contributed by atoms with E-state index >= 15 is 0 Å². The molecular weight excluding hydrogens is 200 g/mol. The molecule has 0 saturated heterocycles. The van der Waals surface area contributed by atoms with Gasteiger partial charge in [0.2, 0.25) is 0 Å². The number of hydrogen-bond acceptors (Lipinski definition) is 2. The van der Waals surface area contributed by atoms with Gasteiger partial charge in [0.1, 0.15) is 0 Å². The molecule has 1 radical (unpaired) electrons. The minimum absolute atomic E-state index is 0.0687. The van der Waals surface area contributed by atoms with Crippen LogP contribution in [0, 0.1) is 0 Å². The molecule has 0 N–H and O–H groups in total. The maximum Gasteiger partial charge on any atom is 0.178 e. The number of sulfone groups is 1. The predicted molar refractivity (Wildman–Crippen MR) is 53.3 cm³/mol. The van der Waals surface area contributed by atoms with Crippen LogP contribution < -0.4 is 0 Å². The maximum absolute atomic E-state index is 11.6. The predicted octanol–water partition coefficient (Wildman–Crippen LogP) is 1.67. The monoisotopic (exact) mass is 213 g/mol. The molecule has 1 aromatic rings. The fourth-order valence-corrected chi connectivity index (χ4v) is 2.53. The van der Waals surface area contributed by atoms with Crippen molar-refractivity contribution < 1.29 is 13.5 Å². The van der Waals surface area contributed by atoms with Gasteiger partial charge in [0.05, 0.1) is 17.3 Å². The molecule has 0 heterocycles. The summed E-state index contributed by atoms with van der Waals surface area (Å²) in [5, 5.41) is 10.2. The highest BCUT2D eigenvalue weighted by Crippen LogP contribution is 2.11. The van der Waals surface area contributed by atoms with Crippen molar-refractivity contribution in [1.29, 1.82) is 0 Å². The number of benzene rings is 1. The van der Waals surface area contributed by atoms with Crippen LogP contribution in [0.2, 0.25) is 0 Å². The van der Waals surface area contributed by atoms with Gasteiger partial charge in [0.15, 0.2) is 9.84 Å². The highest BCUT2D eigenvalue weighted by atomic mass is 32.2. The first-order chi connectivity index (χ1) is 6.67. The lowest BCUT2D eigenvalue weighted by atomic mass is 10.4. The van der Waals surface area contributed by atoms with E-state index < -0.39 is 9.84 Å². The Hall–Kier alpha value is -0.870. The highest BCUT2D eigenvalue weighted by molar-refractivity contribution is 7.91. The van der Waals surface area contributed by atoms with Gasteiger partial charge in [-0.2, -0.15) is 0 Å². The van der Waals surface area contributed by atoms with Gasteiger partial charge in [0.25, 0.3) is 0 Å². The Kier molecular flexibility index (Phi) is 4.10. The first kappa shape index (κ1) is 11.2. The Morgan fingerprint density at radius 2 is 1.64 bits per heavy atom. The van der Waals surface area contributed by atoms with Crippen molar-refractivity contribution in [2.45, 2.75) is 17.7 Å². The van der Waals surface area contributed by atoms with Crippen molar-refractivity contribution in [3.8, 4) is 0 Å². The summed E-state index contributed by atoms with van der Waals surface area (Å²) < 4.78 is 23.2. The van der Waals surface area contributed by atoms with E-state index in [4.69, 9.17) is 0 Å². The van der Waals surface area contributed by atoms with Gasteiger partial charge in [-0.15, -0.1) is 0 Å². The van der Waals surface area contributed by atoms with Gasteiger partial charge in [-0.05, 0) is 25.0 Å². The summed E-state index contributed by atoms with van der Waals surface area (Å²) in [6, 6.07) is 8.32. The molecule has 0 aliphatic heterocycles. The van der Waals surface area contributed by atoms with E-state index in [0.717, 1.165) is 0 Å². The van der Waals surface area contributed by atoms with E-state index in [0.29, 0.717) is 17.7 Å². The molecule has 0 aliphatic carbocycles. The molecule has 77 valence electrons. The van der Waals surface area contributed by atoms with Gasteiger partial charge in [-0.25, -0.2) is 13.5 Å². The molecule has 0 bridgehead atoms. The van der Waals surface area contributed by atoms with Crippen molar-refractivity contribution in [3.05, 3.63) is 30.3 Å². The van der Waals surface area contributed by atoms with E-state index in [1.54, 1.807) is 30.3 Å². The summed E-state index contributed by atoms with van der Waals surface area (Å²) in [5.74, 6) is 0.0687. The third kappa shape index (κ3) is 3.12. The molecular formula is C10H13O3S. The van der Waals surface area contributed by atoms with Crippen LogP contribution >= 0.6 is 0 Å². The normalized spacial score (nSPS) is 11.5. The Bertz CT molecular complexity index is 356.